The quantitative estimate of drug-likeness (QED) is 0.478. The van der Waals surface area contributed by atoms with E-state index in [1.165, 1.54) is 0 Å². The summed E-state index contributed by atoms with van der Waals surface area (Å²) in [7, 11) is 0. The Morgan fingerprint density at radius 3 is 2.69 bits per heavy atom. The van der Waals surface area contributed by atoms with E-state index in [9.17, 15) is 9.59 Å². The van der Waals surface area contributed by atoms with Crippen molar-refractivity contribution in [2.24, 2.45) is 11.3 Å². The number of carboxylic acids is 1. The molecular formula is C8H12N2O3. The fourth-order valence-electron chi connectivity index (χ4n) is 2.10. The molecule has 0 saturated carbocycles. The molecule has 2 fully saturated rings. The molecule has 2 rings (SSSR count). The van der Waals surface area contributed by atoms with Crippen molar-refractivity contribution >= 4 is 11.9 Å². The predicted molar refractivity (Wildman–Crippen MR) is 44.1 cm³/mol. The van der Waals surface area contributed by atoms with Crippen molar-refractivity contribution in [3.05, 3.63) is 0 Å². The van der Waals surface area contributed by atoms with E-state index in [-0.39, 0.29) is 17.9 Å². The molecule has 0 radical (unpaired) electrons. The third-order valence-corrected chi connectivity index (χ3v) is 3.01. The molecule has 5 heteroatoms. The number of carbonyl (C=O) groups is 2. The highest BCUT2D eigenvalue weighted by Crippen LogP contribution is 2.38. The van der Waals surface area contributed by atoms with Crippen LogP contribution >= 0.6 is 0 Å². The van der Waals surface area contributed by atoms with Gasteiger partial charge in [0.25, 0.3) is 0 Å². The minimum atomic E-state index is -0.804. The number of nitrogens with one attached hydrogen (secondary N) is 2. The first-order valence-corrected chi connectivity index (χ1v) is 4.34. The van der Waals surface area contributed by atoms with Gasteiger partial charge in [0, 0.05) is 31.5 Å². The van der Waals surface area contributed by atoms with E-state index in [2.05, 4.69) is 10.6 Å². The Kier molecular flexibility index (Phi) is 1.76. The van der Waals surface area contributed by atoms with Crippen molar-refractivity contribution in [1.29, 1.82) is 0 Å². The van der Waals surface area contributed by atoms with Gasteiger partial charge in [0.2, 0.25) is 5.91 Å². The molecule has 1 atom stereocenters. The first-order valence-electron chi connectivity index (χ1n) is 4.34. The van der Waals surface area contributed by atoms with Gasteiger partial charge in [0.1, 0.15) is 0 Å². The zero-order valence-electron chi connectivity index (χ0n) is 7.17. The lowest BCUT2D eigenvalue weighted by atomic mass is 9.66. The Hall–Kier alpha value is -1.10. The maximum Gasteiger partial charge on any atom is 0.308 e. The number of carboxylic acid groups (broad SMARTS) is 1. The normalized spacial score (nSPS) is 30.8. The van der Waals surface area contributed by atoms with Crippen molar-refractivity contribution in [3.63, 3.8) is 0 Å². The van der Waals surface area contributed by atoms with Gasteiger partial charge in [-0.15, -0.1) is 0 Å². The van der Waals surface area contributed by atoms with Gasteiger partial charge < -0.3 is 15.7 Å². The van der Waals surface area contributed by atoms with Gasteiger partial charge in [-0.3, -0.25) is 9.59 Å². The van der Waals surface area contributed by atoms with Crippen LogP contribution in [0.3, 0.4) is 0 Å². The first-order chi connectivity index (χ1) is 6.14. The van der Waals surface area contributed by atoms with Crippen LogP contribution in [0.4, 0.5) is 0 Å². The predicted octanol–water partition coefficient (Wildman–Crippen LogP) is -1.20. The number of rotatable bonds is 1. The Labute approximate surface area is 75.5 Å². The number of piperidine rings is 1. The number of hydrogen-bond acceptors (Lipinski definition) is 3. The highest BCUT2D eigenvalue weighted by molar-refractivity contribution is 5.82. The number of amides is 1. The van der Waals surface area contributed by atoms with Gasteiger partial charge in [0.15, 0.2) is 0 Å². The third-order valence-electron chi connectivity index (χ3n) is 3.01. The van der Waals surface area contributed by atoms with Crippen LogP contribution in [0.25, 0.3) is 0 Å². The van der Waals surface area contributed by atoms with E-state index < -0.39 is 11.9 Å². The Morgan fingerprint density at radius 2 is 2.23 bits per heavy atom. The van der Waals surface area contributed by atoms with Crippen molar-refractivity contribution < 1.29 is 14.7 Å². The molecule has 0 aromatic carbocycles. The van der Waals surface area contributed by atoms with Crippen LogP contribution in [0, 0.1) is 11.3 Å². The smallest absolute Gasteiger partial charge is 0.308 e. The topological polar surface area (TPSA) is 78.4 Å². The van der Waals surface area contributed by atoms with Crippen LogP contribution < -0.4 is 10.6 Å². The Morgan fingerprint density at radius 1 is 1.54 bits per heavy atom. The molecule has 2 aliphatic rings. The molecule has 2 heterocycles. The summed E-state index contributed by atoms with van der Waals surface area (Å²) >= 11 is 0. The average Bonchev–Trinajstić information content (AvgIpc) is 2.00. The van der Waals surface area contributed by atoms with E-state index in [0.717, 1.165) is 0 Å². The van der Waals surface area contributed by atoms with Crippen molar-refractivity contribution in [3.8, 4) is 0 Å². The van der Waals surface area contributed by atoms with Crippen LogP contribution in [-0.4, -0.2) is 36.6 Å². The van der Waals surface area contributed by atoms with Crippen molar-refractivity contribution in [1.82, 2.24) is 10.6 Å². The summed E-state index contributed by atoms with van der Waals surface area (Å²) in [6.07, 6.45) is 0.344. The molecule has 1 spiro atoms. The lowest BCUT2D eigenvalue weighted by Gasteiger charge is -2.48. The highest BCUT2D eigenvalue weighted by Gasteiger charge is 2.51. The molecule has 1 unspecified atom stereocenters. The summed E-state index contributed by atoms with van der Waals surface area (Å²) in [6, 6.07) is 0. The zero-order chi connectivity index (χ0) is 9.47. The number of aliphatic carboxylic acids is 1. The van der Waals surface area contributed by atoms with Gasteiger partial charge in [-0.1, -0.05) is 0 Å². The van der Waals surface area contributed by atoms with E-state index in [0.29, 0.717) is 19.5 Å². The summed E-state index contributed by atoms with van der Waals surface area (Å²) in [4.78, 5) is 22.0. The average molecular weight is 184 g/mol. The second-order valence-electron chi connectivity index (χ2n) is 3.84. The molecule has 0 bridgehead atoms. The number of carbonyl (C=O) groups excluding carboxylic acids is 1. The second kappa shape index (κ2) is 2.70. The largest absolute Gasteiger partial charge is 0.481 e. The van der Waals surface area contributed by atoms with Crippen molar-refractivity contribution in [2.75, 3.05) is 19.6 Å². The molecule has 1 amide bonds. The molecule has 5 nitrogen and oxygen atoms in total. The maximum atomic E-state index is 11.1. The molecule has 0 aromatic heterocycles. The summed E-state index contributed by atoms with van der Waals surface area (Å²) in [5.41, 5.74) is -0.311. The summed E-state index contributed by atoms with van der Waals surface area (Å²) in [6.45, 7) is 1.57. The SMILES string of the molecule is O=C1CC2(CNC2)C(C(=O)O)CN1. The molecule has 2 saturated heterocycles. The second-order valence-corrected chi connectivity index (χ2v) is 3.84. The zero-order valence-corrected chi connectivity index (χ0v) is 7.17. The van der Waals surface area contributed by atoms with E-state index in [4.69, 9.17) is 5.11 Å². The lowest BCUT2D eigenvalue weighted by molar-refractivity contribution is -0.153. The standard InChI is InChI=1S/C8H12N2O3/c11-6-1-8(3-9-4-8)5(2-10-6)7(12)13/h5,9H,1-4H2,(H,10,11)(H,12,13). The molecule has 72 valence electrons. The molecule has 0 aromatic rings. The van der Waals surface area contributed by atoms with Crippen molar-refractivity contribution in [2.45, 2.75) is 6.42 Å². The minimum absolute atomic E-state index is 0.0287. The molecule has 3 N–H and O–H groups in total. The Bertz CT molecular complexity index is 260. The molecule has 2 aliphatic heterocycles. The van der Waals surface area contributed by atoms with Gasteiger partial charge in [-0.25, -0.2) is 0 Å². The van der Waals surface area contributed by atoms with E-state index >= 15 is 0 Å². The number of hydrogen-bond donors (Lipinski definition) is 3. The summed E-state index contributed by atoms with van der Waals surface area (Å²) in [5, 5.41) is 14.6. The van der Waals surface area contributed by atoms with Crippen LogP contribution in [0.15, 0.2) is 0 Å². The fraction of sp³-hybridized carbons (Fsp3) is 0.750. The highest BCUT2D eigenvalue weighted by atomic mass is 16.4. The lowest BCUT2D eigenvalue weighted by Crippen LogP contribution is -2.65. The van der Waals surface area contributed by atoms with Gasteiger partial charge in [-0.05, 0) is 0 Å². The monoisotopic (exact) mass is 184 g/mol. The van der Waals surface area contributed by atoms with Gasteiger partial charge in [0.05, 0.1) is 5.92 Å². The van der Waals surface area contributed by atoms with Crippen LogP contribution in [0.1, 0.15) is 6.42 Å². The summed E-state index contributed by atoms with van der Waals surface area (Å²) < 4.78 is 0. The third kappa shape index (κ3) is 1.19. The van der Waals surface area contributed by atoms with Gasteiger partial charge >= 0.3 is 5.97 Å². The molecule has 13 heavy (non-hydrogen) atoms. The molecule has 0 aliphatic carbocycles. The summed E-state index contributed by atoms with van der Waals surface area (Å²) in [5.74, 6) is -1.26. The first kappa shape index (κ1) is 8.50. The van der Waals surface area contributed by atoms with E-state index in [1.807, 2.05) is 0 Å². The fourth-order valence-corrected chi connectivity index (χ4v) is 2.10. The van der Waals surface area contributed by atoms with E-state index in [1.54, 1.807) is 0 Å². The van der Waals surface area contributed by atoms with Crippen LogP contribution in [0.2, 0.25) is 0 Å². The van der Waals surface area contributed by atoms with Crippen LogP contribution in [-0.2, 0) is 9.59 Å². The van der Waals surface area contributed by atoms with Crippen LogP contribution in [0.5, 0.6) is 0 Å². The minimum Gasteiger partial charge on any atom is -0.481 e. The molecular weight excluding hydrogens is 172 g/mol. The maximum absolute atomic E-state index is 11.1. The van der Waals surface area contributed by atoms with Gasteiger partial charge in [-0.2, -0.15) is 0 Å². The Balaban J connectivity index is 2.17.